The number of likely N-dealkylation sites (tertiary alicyclic amines) is 1. The fraction of sp³-hybridized carbons (Fsp3) is 0.562. The number of carbonyl (C=O) groups is 1. The topological polar surface area (TPSA) is 35.6 Å². The van der Waals surface area contributed by atoms with Crippen LogP contribution < -0.4 is 10.2 Å². The van der Waals surface area contributed by atoms with Gasteiger partial charge in [-0.15, -0.1) is 0 Å². The molecule has 2 heterocycles. The lowest BCUT2D eigenvalue weighted by atomic mass is 10.1. The second-order valence-corrected chi connectivity index (χ2v) is 5.71. The van der Waals surface area contributed by atoms with Crippen LogP contribution >= 0.6 is 0 Å². The van der Waals surface area contributed by atoms with Crippen LogP contribution in [0.3, 0.4) is 0 Å². The number of anilines is 1. The molecular formula is C16H23N3O. The molecule has 1 N–H and O–H groups in total. The van der Waals surface area contributed by atoms with Crippen molar-refractivity contribution in [2.45, 2.75) is 32.4 Å². The number of carbonyl (C=O) groups excluding carboxylic acids is 1. The Morgan fingerprint density at radius 2 is 1.95 bits per heavy atom. The highest BCUT2D eigenvalue weighted by atomic mass is 16.2. The van der Waals surface area contributed by atoms with Crippen molar-refractivity contribution in [3.05, 3.63) is 29.8 Å². The Hall–Kier alpha value is -1.55. The summed E-state index contributed by atoms with van der Waals surface area (Å²) in [4.78, 5) is 16.9. The molecule has 0 saturated carbocycles. The molecule has 4 heteroatoms. The van der Waals surface area contributed by atoms with Crippen LogP contribution in [0.25, 0.3) is 0 Å². The summed E-state index contributed by atoms with van der Waals surface area (Å²) in [7, 11) is 0. The van der Waals surface area contributed by atoms with Crippen LogP contribution in [-0.2, 0) is 11.3 Å². The van der Waals surface area contributed by atoms with Gasteiger partial charge in [0.25, 0.3) is 0 Å². The van der Waals surface area contributed by atoms with E-state index in [4.69, 9.17) is 0 Å². The number of rotatable bonds is 2. The van der Waals surface area contributed by atoms with Crippen molar-refractivity contribution in [2.24, 2.45) is 0 Å². The van der Waals surface area contributed by atoms with Gasteiger partial charge in [-0.3, -0.25) is 4.79 Å². The van der Waals surface area contributed by atoms with Crippen LogP contribution in [0.2, 0.25) is 0 Å². The van der Waals surface area contributed by atoms with E-state index in [1.807, 2.05) is 11.8 Å². The van der Waals surface area contributed by atoms with Crippen LogP contribution in [0.1, 0.15) is 25.3 Å². The average molecular weight is 273 g/mol. The molecule has 1 saturated heterocycles. The summed E-state index contributed by atoms with van der Waals surface area (Å²) in [6.45, 7) is 6.60. The largest absolute Gasteiger partial charge is 0.358 e. The second-order valence-electron chi connectivity index (χ2n) is 5.71. The fourth-order valence-corrected chi connectivity index (χ4v) is 3.22. The zero-order valence-corrected chi connectivity index (χ0v) is 12.1. The maximum atomic E-state index is 12.6. The van der Waals surface area contributed by atoms with Gasteiger partial charge in [-0.2, -0.15) is 0 Å². The number of hydrogen-bond donors (Lipinski definition) is 1. The number of nitrogens with zero attached hydrogens (tertiary/aromatic N) is 2. The Kier molecular flexibility index (Phi) is 3.92. The Morgan fingerprint density at radius 1 is 1.20 bits per heavy atom. The number of benzene rings is 1. The van der Waals surface area contributed by atoms with Gasteiger partial charge in [0, 0.05) is 38.4 Å². The van der Waals surface area contributed by atoms with E-state index in [1.165, 1.54) is 11.3 Å². The first-order valence-electron chi connectivity index (χ1n) is 7.61. The van der Waals surface area contributed by atoms with Gasteiger partial charge in [0.05, 0.1) is 0 Å². The van der Waals surface area contributed by atoms with E-state index >= 15 is 0 Å². The zero-order chi connectivity index (χ0) is 13.9. The van der Waals surface area contributed by atoms with E-state index in [0.717, 1.165) is 45.6 Å². The minimum absolute atomic E-state index is 0.0749. The molecular weight excluding hydrogens is 250 g/mol. The Balaban J connectivity index is 1.83. The molecule has 0 aromatic heterocycles. The molecule has 3 rings (SSSR count). The van der Waals surface area contributed by atoms with Crippen molar-refractivity contribution >= 4 is 11.6 Å². The van der Waals surface area contributed by atoms with Gasteiger partial charge in [0.1, 0.15) is 6.04 Å². The highest BCUT2D eigenvalue weighted by molar-refractivity contribution is 5.85. The van der Waals surface area contributed by atoms with E-state index in [2.05, 4.69) is 34.5 Å². The van der Waals surface area contributed by atoms with E-state index in [9.17, 15) is 4.79 Å². The van der Waals surface area contributed by atoms with Gasteiger partial charge < -0.3 is 15.1 Å². The van der Waals surface area contributed by atoms with Crippen molar-refractivity contribution < 1.29 is 4.79 Å². The predicted molar refractivity (Wildman–Crippen MR) is 80.8 cm³/mol. The summed E-state index contributed by atoms with van der Waals surface area (Å²) >= 11 is 0. The highest BCUT2D eigenvalue weighted by Gasteiger charge is 2.29. The monoisotopic (exact) mass is 273 g/mol. The molecule has 0 spiro atoms. The summed E-state index contributed by atoms with van der Waals surface area (Å²) in [5.74, 6) is 0.277. The highest BCUT2D eigenvalue weighted by Crippen LogP contribution is 2.25. The molecule has 1 aromatic rings. The third kappa shape index (κ3) is 2.52. The van der Waals surface area contributed by atoms with E-state index in [0.29, 0.717) is 0 Å². The van der Waals surface area contributed by atoms with E-state index in [-0.39, 0.29) is 11.9 Å². The van der Waals surface area contributed by atoms with Gasteiger partial charge in [-0.25, -0.2) is 0 Å². The smallest absolute Gasteiger partial charge is 0.244 e. The molecule has 2 aliphatic rings. The molecule has 1 unspecified atom stereocenters. The van der Waals surface area contributed by atoms with Gasteiger partial charge >= 0.3 is 0 Å². The van der Waals surface area contributed by atoms with Crippen LogP contribution in [0.4, 0.5) is 5.69 Å². The van der Waals surface area contributed by atoms with Crippen molar-refractivity contribution in [1.29, 1.82) is 0 Å². The van der Waals surface area contributed by atoms with Gasteiger partial charge in [-0.05, 0) is 31.4 Å². The molecule has 1 fully saturated rings. The summed E-state index contributed by atoms with van der Waals surface area (Å²) < 4.78 is 0. The first-order chi connectivity index (χ1) is 9.77. The maximum Gasteiger partial charge on any atom is 0.244 e. The lowest BCUT2D eigenvalue weighted by Crippen LogP contribution is -2.47. The van der Waals surface area contributed by atoms with Gasteiger partial charge in [0.2, 0.25) is 5.91 Å². The second kappa shape index (κ2) is 5.83. The lowest BCUT2D eigenvalue weighted by molar-refractivity contribution is -0.131. The summed E-state index contributed by atoms with van der Waals surface area (Å²) in [6.07, 6.45) is 2.30. The van der Waals surface area contributed by atoms with E-state index < -0.39 is 0 Å². The first kappa shape index (κ1) is 13.4. The van der Waals surface area contributed by atoms with Crippen molar-refractivity contribution in [3.63, 3.8) is 0 Å². The molecule has 4 nitrogen and oxygen atoms in total. The average Bonchev–Trinajstić information content (AvgIpc) is 2.93. The first-order valence-corrected chi connectivity index (χ1v) is 7.61. The Bertz CT molecular complexity index is 482. The maximum absolute atomic E-state index is 12.6. The molecule has 0 aliphatic carbocycles. The standard InChI is InChI=1S/C16H23N3O/c1-13(16(20)18-9-4-5-10-18)19-11-8-17-12-14-6-2-3-7-15(14)19/h2-3,6-7,13,17H,4-5,8-12H2,1H3. The van der Waals surface area contributed by atoms with Crippen LogP contribution in [0.5, 0.6) is 0 Å². The third-order valence-electron chi connectivity index (χ3n) is 4.39. The molecule has 2 aliphatic heterocycles. The normalized spacial score (nSPS) is 20.4. The molecule has 0 bridgehead atoms. The molecule has 1 amide bonds. The van der Waals surface area contributed by atoms with Crippen molar-refractivity contribution in [3.8, 4) is 0 Å². The van der Waals surface area contributed by atoms with Crippen molar-refractivity contribution in [1.82, 2.24) is 10.2 Å². The number of fused-ring (bicyclic) bond motifs is 1. The predicted octanol–water partition coefficient (Wildman–Crippen LogP) is 1.61. The van der Waals surface area contributed by atoms with Crippen LogP contribution in [-0.4, -0.2) is 43.0 Å². The van der Waals surface area contributed by atoms with Gasteiger partial charge in [0.15, 0.2) is 0 Å². The minimum atomic E-state index is -0.0749. The summed E-state index contributed by atoms with van der Waals surface area (Å²) in [5.41, 5.74) is 2.49. The Morgan fingerprint density at radius 3 is 2.75 bits per heavy atom. The molecule has 1 aromatic carbocycles. The summed E-state index contributed by atoms with van der Waals surface area (Å²) in [6, 6.07) is 8.33. The van der Waals surface area contributed by atoms with Crippen molar-refractivity contribution in [2.75, 3.05) is 31.1 Å². The number of hydrogen-bond acceptors (Lipinski definition) is 3. The molecule has 1 atom stereocenters. The fourth-order valence-electron chi connectivity index (χ4n) is 3.22. The quantitative estimate of drug-likeness (QED) is 0.889. The van der Waals surface area contributed by atoms with Crippen LogP contribution in [0.15, 0.2) is 24.3 Å². The minimum Gasteiger partial charge on any atom is -0.358 e. The zero-order valence-electron chi connectivity index (χ0n) is 12.1. The number of nitrogens with one attached hydrogen (secondary N) is 1. The Labute approximate surface area is 120 Å². The molecule has 20 heavy (non-hydrogen) atoms. The number of amides is 1. The summed E-state index contributed by atoms with van der Waals surface area (Å²) in [5, 5.41) is 3.43. The van der Waals surface area contributed by atoms with Crippen LogP contribution in [0, 0.1) is 0 Å². The number of para-hydroxylation sites is 1. The lowest BCUT2D eigenvalue weighted by Gasteiger charge is -2.32. The molecule has 0 radical (unpaired) electrons. The van der Waals surface area contributed by atoms with Gasteiger partial charge in [-0.1, -0.05) is 18.2 Å². The van der Waals surface area contributed by atoms with E-state index in [1.54, 1.807) is 0 Å². The molecule has 108 valence electrons. The third-order valence-corrected chi connectivity index (χ3v) is 4.39. The SMILES string of the molecule is CC(C(=O)N1CCCC1)N1CCNCc2ccccc21.